The quantitative estimate of drug-likeness (QED) is 0.824. The van der Waals surface area contributed by atoms with E-state index in [2.05, 4.69) is 0 Å². The fraction of sp³-hybridized carbons (Fsp3) is 0.625. The van der Waals surface area contributed by atoms with Gasteiger partial charge >= 0.3 is 0 Å². The summed E-state index contributed by atoms with van der Waals surface area (Å²) in [5.74, 6) is -1.42. The van der Waals surface area contributed by atoms with Crippen LogP contribution in [0, 0.1) is 11.7 Å². The standard InChI is InChI=1S/C16H23F2N3O2.H2/c1-10(2)5-14(15(19)22)21-7-11(6-13(18)16(21)23)3-4-20-8-12(17)9-20;/h6-7,10,12,14H,3-5,8-9H2,1-2H3,(H2,19,22);1H. The number of nitrogens with zero attached hydrogens (tertiary/aromatic N) is 2. The van der Waals surface area contributed by atoms with Crippen LogP contribution < -0.4 is 11.3 Å². The van der Waals surface area contributed by atoms with Crippen molar-refractivity contribution >= 4 is 5.91 Å². The van der Waals surface area contributed by atoms with Crippen LogP contribution in [0.15, 0.2) is 17.1 Å². The number of carbonyl (C=O) groups is 1. The summed E-state index contributed by atoms with van der Waals surface area (Å²) in [6.45, 7) is 5.17. The molecule has 1 fully saturated rings. The molecule has 2 rings (SSSR count). The number of aromatic nitrogens is 1. The van der Waals surface area contributed by atoms with Gasteiger partial charge in [-0.15, -0.1) is 0 Å². The number of alkyl halides is 1. The van der Waals surface area contributed by atoms with Gasteiger partial charge < -0.3 is 10.3 Å². The number of hydrogen-bond acceptors (Lipinski definition) is 3. The van der Waals surface area contributed by atoms with E-state index < -0.39 is 29.5 Å². The van der Waals surface area contributed by atoms with Crippen molar-refractivity contribution in [1.82, 2.24) is 9.47 Å². The highest BCUT2D eigenvalue weighted by atomic mass is 19.1. The van der Waals surface area contributed by atoms with Crippen molar-refractivity contribution in [2.24, 2.45) is 11.7 Å². The summed E-state index contributed by atoms with van der Waals surface area (Å²) in [6, 6.07) is 0.315. The molecule has 1 saturated heterocycles. The second-order valence-electron chi connectivity index (χ2n) is 6.56. The summed E-state index contributed by atoms with van der Waals surface area (Å²) in [6.07, 6.45) is 1.56. The van der Waals surface area contributed by atoms with E-state index in [1.165, 1.54) is 12.3 Å². The predicted molar refractivity (Wildman–Crippen MR) is 85.5 cm³/mol. The van der Waals surface area contributed by atoms with Gasteiger partial charge in [0.1, 0.15) is 12.2 Å². The molecule has 0 bridgehead atoms. The maximum Gasteiger partial charge on any atom is 0.287 e. The molecule has 0 spiro atoms. The molecule has 1 aromatic rings. The Morgan fingerprint density at radius 3 is 2.65 bits per heavy atom. The summed E-state index contributed by atoms with van der Waals surface area (Å²) in [5, 5.41) is 0. The molecule has 0 saturated carbocycles. The van der Waals surface area contributed by atoms with Crippen molar-refractivity contribution in [3.8, 4) is 0 Å². The van der Waals surface area contributed by atoms with Crippen LogP contribution in [0.1, 0.15) is 33.3 Å². The van der Waals surface area contributed by atoms with Crippen LogP contribution in [0.4, 0.5) is 8.78 Å². The number of primary amides is 1. The van der Waals surface area contributed by atoms with Gasteiger partial charge in [-0.05, 0) is 30.4 Å². The number of hydrogen-bond donors (Lipinski definition) is 1. The van der Waals surface area contributed by atoms with Crippen LogP contribution in [-0.4, -0.2) is 41.2 Å². The fourth-order valence-corrected chi connectivity index (χ4v) is 2.78. The molecular weight excluding hydrogens is 304 g/mol. The van der Waals surface area contributed by atoms with Gasteiger partial charge in [0, 0.05) is 27.3 Å². The van der Waals surface area contributed by atoms with E-state index in [0.717, 1.165) is 4.57 Å². The van der Waals surface area contributed by atoms with Gasteiger partial charge in [0.05, 0.1) is 0 Å². The zero-order valence-electron chi connectivity index (χ0n) is 13.5. The molecule has 1 atom stereocenters. The van der Waals surface area contributed by atoms with E-state index in [4.69, 9.17) is 5.73 Å². The fourth-order valence-electron chi connectivity index (χ4n) is 2.78. The van der Waals surface area contributed by atoms with Crippen molar-refractivity contribution in [1.29, 1.82) is 0 Å². The molecule has 0 aliphatic carbocycles. The predicted octanol–water partition coefficient (Wildman–Crippen LogP) is 1.50. The smallest absolute Gasteiger partial charge is 0.287 e. The number of halogens is 2. The van der Waals surface area contributed by atoms with Crippen molar-refractivity contribution in [3.63, 3.8) is 0 Å². The van der Waals surface area contributed by atoms with Crippen LogP contribution >= 0.6 is 0 Å². The van der Waals surface area contributed by atoms with E-state index in [9.17, 15) is 18.4 Å². The van der Waals surface area contributed by atoms with Crippen LogP contribution in [0.3, 0.4) is 0 Å². The molecule has 5 nitrogen and oxygen atoms in total. The van der Waals surface area contributed by atoms with E-state index >= 15 is 0 Å². The molecule has 0 aromatic carbocycles. The average molecular weight is 329 g/mol. The minimum absolute atomic E-state index is 0. The van der Waals surface area contributed by atoms with Crippen molar-refractivity contribution in [3.05, 3.63) is 34.0 Å². The maximum atomic E-state index is 13.9. The third-order valence-electron chi connectivity index (χ3n) is 4.04. The monoisotopic (exact) mass is 329 g/mol. The Bertz CT molecular complexity index is 630. The van der Waals surface area contributed by atoms with E-state index in [1.807, 2.05) is 18.7 Å². The third kappa shape index (κ3) is 4.37. The second kappa shape index (κ2) is 7.21. The van der Waals surface area contributed by atoms with Gasteiger partial charge in [0.25, 0.3) is 5.56 Å². The Morgan fingerprint density at radius 2 is 2.13 bits per heavy atom. The zero-order valence-corrected chi connectivity index (χ0v) is 13.5. The molecular formula is C16H25F2N3O2. The highest BCUT2D eigenvalue weighted by molar-refractivity contribution is 5.78. The minimum Gasteiger partial charge on any atom is -0.368 e. The highest BCUT2D eigenvalue weighted by Gasteiger charge is 2.26. The van der Waals surface area contributed by atoms with Crippen molar-refractivity contribution in [2.45, 2.75) is 38.9 Å². The van der Waals surface area contributed by atoms with Gasteiger partial charge in [-0.3, -0.25) is 14.5 Å². The lowest BCUT2D eigenvalue weighted by Crippen LogP contribution is -2.49. The Labute approximate surface area is 135 Å². The van der Waals surface area contributed by atoms with Crippen molar-refractivity contribution in [2.75, 3.05) is 19.6 Å². The van der Waals surface area contributed by atoms with Gasteiger partial charge in [0.2, 0.25) is 5.91 Å². The molecule has 130 valence electrons. The lowest BCUT2D eigenvalue weighted by atomic mass is 10.0. The Balaban J connectivity index is 0.00000288. The molecule has 1 aliphatic rings. The van der Waals surface area contributed by atoms with Crippen LogP contribution in [-0.2, 0) is 11.2 Å². The lowest BCUT2D eigenvalue weighted by molar-refractivity contribution is -0.121. The number of nitrogens with two attached hydrogens (primary N) is 1. The highest BCUT2D eigenvalue weighted by Crippen LogP contribution is 2.18. The molecule has 2 N–H and O–H groups in total. The minimum atomic E-state index is -0.899. The Kier molecular flexibility index (Phi) is 5.51. The first-order valence-electron chi connectivity index (χ1n) is 7.84. The van der Waals surface area contributed by atoms with Gasteiger partial charge in [-0.2, -0.15) is 0 Å². The van der Waals surface area contributed by atoms with Crippen LogP contribution in [0.5, 0.6) is 0 Å². The molecule has 1 aliphatic heterocycles. The number of carbonyl (C=O) groups excluding carboxylic acids is 1. The SMILES string of the molecule is CC(C)CC(C(N)=O)n1cc(CCN2CC(F)C2)cc(F)c1=O.[HH]. The molecule has 1 unspecified atom stereocenters. The number of amides is 1. The normalized spacial score (nSPS) is 17.3. The first kappa shape index (κ1) is 17.6. The average Bonchev–Trinajstić information content (AvgIpc) is 2.43. The summed E-state index contributed by atoms with van der Waals surface area (Å²) in [7, 11) is 0. The first-order valence-corrected chi connectivity index (χ1v) is 7.84. The molecule has 1 amide bonds. The Hall–Kier alpha value is -1.76. The zero-order chi connectivity index (χ0) is 17.1. The first-order chi connectivity index (χ1) is 10.8. The largest absolute Gasteiger partial charge is 0.368 e. The molecule has 7 heteroatoms. The molecule has 23 heavy (non-hydrogen) atoms. The summed E-state index contributed by atoms with van der Waals surface area (Å²) in [5.41, 5.74) is 5.14. The van der Waals surface area contributed by atoms with Crippen LogP contribution in [0.2, 0.25) is 0 Å². The summed E-state index contributed by atoms with van der Waals surface area (Å²) >= 11 is 0. The molecule has 1 aromatic heterocycles. The van der Waals surface area contributed by atoms with E-state index in [0.29, 0.717) is 38.0 Å². The van der Waals surface area contributed by atoms with Crippen molar-refractivity contribution < 1.29 is 15.0 Å². The topological polar surface area (TPSA) is 68.3 Å². The van der Waals surface area contributed by atoms with Crippen LogP contribution in [0.25, 0.3) is 0 Å². The Morgan fingerprint density at radius 1 is 1.48 bits per heavy atom. The third-order valence-corrected chi connectivity index (χ3v) is 4.04. The number of pyridine rings is 1. The second-order valence-corrected chi connectivity index (χ2v) is 6.56. The van der Waals surface area contributed by atoms with Gasteiger partial charge in [-0.25, -0.2) is 8.78 Å². The summed E-state index contributed by atoms with van der Waals surface area (Å²) < 4.78 is 27.8. The number of likely N-dealkylation sites (tertiary alicyclic amines) is 1. The summed E-state index contributed by atoms with van der Waals surface area (Å²) in [4.78, 5) is 25.6. The van der Waals surface area contributed by atoms with Gasteiger partial charge in [-0.1, -0.05) is 13.8 Å². The lowest BCUT2D eigenvalue weighted by Gasteiger charge is -2.34. The van der Waals surface area contributed by atoms with E-state index in [-0.39, 0.29) is 7.34 Å². The maximum absolute atomic E-state index is 13.9. The molecule has 0 radical (unpaired) electrons. The van der Waals surface area contributed by atoms with Gasteiger partial charge in [0.15, 0.2) is 5.82 Å². The van der Waals surface area contributed by atoms with E-state index in [1.54, 1.807) is 0 Å². The number of rotatable bonds is 7. The molecule has 2 heterocycles.